The van der Waals surface area contributed by atoms with Crippen LogP contribution in [0, 0.1) is 5.92 Å². The second-order valence-electron chi connectivity index (χ2n) is 6.64. The SMILES string of the molecule is CCNC(=NCCS(=O)(=O)NCC1CCC1)NC(C)c1ccc(Cl)cc1.I. The van der Waals surface area contributed by atoms with E-state index in [2.05, 4.69) is 20.3 Å². The molecule has 1 aromatic carbocycles. The molecular formula is C18H30ClIN4O2S. The molecule has 0 spiro atoms. The normalized spacial score (nSPS) is 16.2. The zero-order chi connectivity index (χ0) is 19.0. The molecule has 1 unspecified atom stereocenters. The highest BCUT2D eigenvalue weighted by molar-refractivity contribution is 14.0. The van der Waals surface area contributed by atoms with E-state index >= 15 is 0 Å². The summed E-state index contributed by atoms with van der Waals surface area (Å²) in [7, 11) is -3.28. The van der Waals surface area contributed by atoms with E-state index < -0.39 is 10.0 Å². The van der Waals surface area contributed by atoms with Crippen molar-refractivity contribution in [2.24, 2.45) is 10.9 Å². The molecule has 27 heavy (non-hydrogen) atoms. The Morgan fingerprint density at radius 3 is 2.52 bits per heavy atom. The van der Waals surface area contributed by atoms with Crippen LogP contribution in [0.2, 0.25) is 5.02 Å². The molecule has 6 nitrogen and oxygen atoms in total. The number of benzene rings is 1. The molecule has 1 atom stereocenters. The van der Waals surface area contributed by atoms with Crippen LogP contribution in [0.4, 0.5) is 0 Å². The van der Waals surface area contributed by atoms with E-state index in [-0.39, 0.29) is 42.3 Å². The van der Waals surface area contributed by atoms with E-state index in [0.717, 1.165) is 18.4 Å². The van der Waals surface area contributed by atoms with Crippen LogP contribution in [0.1, 0.15) is 44.7 Å². The van der Waals surface area contributed by atoms with Crippen molar-refractivity contribution in [3.63, 3.8) is 0 Å². The number of rotatable bonds is 9. The third kappa shape index (κ3) is 8.97. The highest BCUT2D eigenvalue weighted by Crippen LogP contribution is 2.25. The number of halogens is 2. The lowest BCUT2D eigenvalue weighted by Crippen LogP contribution is -2.39. The van der Waals surface area contributed by atoms with Crippen LogP contribution in [0.25, 0.3) is 0 Å². The largest absolute Gasteiger partial charge is 0.357 e. The highest BCUT2D eigenvalue weighted by Gasteiger charge is 2.20. The summed E-state index contributed by atoms with van der Waals surface area (Å²) >= 11 is 5.92. The molecule has 0 saturated heterocycles. The van der Waals surface area contributed by atoms with Gasteiger partial charge in [0.25, 0.3) is 0 Å². The average Bonchev–Trinajstić information content (AvgIpc) is 2.53. The fourth-order valence-corrected chi connectivity index (χ4v) is 3.74. The first-order valence-corrected chi connectivity index (χ1v) is 11.2. The Balaban J connectivity index is 0.00000364. The van der Waals surface area contributed by atoms with Crippen molar-refractivity contribution in [3.05, 3.63) is 34.9 Å². The van der Waals surface area contributed by atoms with Gasteiger partial charge in [-0.1, -0.05) is 30.2 Å². The third-order valence-corrected chi connectivity index (χ3v) is 6.09. The molecule has 1 fully saturated rings. The molecule has 1 aromatic rings. The third-order valence-electron chi connectivity index (χ3n) is 4.51. The summed E-state index contributed by atoms with van der Waals surface area (Å²) < 4.78 is 26.8. The van der Waals surface area contributed by atoms with E-state index in [1.54, 1.807) is 0 Å². The van der Waals surface area contributed by atoms with Gasteiger partial charge >= 0.3 is 0 Å². The minimum absolute atomic E-state index is 0. The van der Waals surface area contributed by atoms with E-state index in [4.69, 9.17) is 11.6 Å². The lowest BCUT2D eigenvalue weighted by Gasteiger charge is -2.25. The maximum Gasteiger partial charge on any atom is 0.213 e. The summed E-state index contributed by atoms with van der Waals surface area (Å²) in [5, 5.41) is 7.13. The first-order valence-electron chi connectivity index (χ1n) is 9.17. The van der Waals surface area contributed by atoms with E-state index in [0.29, 0.717) is 30.0 Å². The van der Waals surface area contributed by atoms with Crippen molar-refractivity contribution in [1.82, 2.24) is 15.4 Å². The van der Waals surface area contributed by atoms with Crippen molar-refractivity contribution in [2.45, 2.75) is 39.2 Å². The number of hydrogen-bond donors (Lipinski definition) is 3. The molecule has 1 aliphatic carbocycles. The van der Waals surface area contributed by atoms with Gasteiger partial charge in [0, 0.05) is 18.1 Å². The molecular weight excluding hydrogens is 499 g/mol. The van der Waals surface area contributed by atoms with Gasteiger partial charge in [0.05, 0.1) is 18.3 Å². The van der Waals surface area contributed by atoms with Gasteiger partial charge in [0.2, 0.25) is 10.0 Å². The predicted molar refractivity (Wildman–Crippen MR) is 124 cm³/mol. The summed E-state index contributed by atoms with van der Waals surface area (Å²) in [6.45, 7) is 5.46. The smallest absolute Gasteiger partial charge is 0.213 e. The van der Waals surface area contributed by atoms with E-state index in [1.165, 1.54) is 6.42 Å². The van der Waals surface area contributed by atoms with E-state index in [1.807, 2.05) is 38.1 Å². The number of nitrogens with zero attached hydrogens (tertiary/aromatic N) is 1. The second-order valence-corrected chi connectivity index (χ2v) is 9.01. The summed E-state index contributed by atoms with van der Waals surface area (Å²) in [4.78, 5) is 4.39. The quantitative estimate of drug-likeness (QED) is 0.261. The molecule has 1 aliphatic rings. The van der Waals surface area contributed by atoms with Crippen LogP contribution < -0.4 is 15.4 Å². The van der Waals surface area contributed by atoms with Crippen molar-refractivity contribution < 1.29 is 8.42 Å². The zero-order valence-corrected chi connectivity index (χ0v) is 19.8. The van der Waals surface area contributed by atoms with Gasteiger partial charge in [-0.05, 0) is 50.3 Å². The van der Waals surface area contributed by atoms with Crippen LogP contribution in [0.3, 0.4) is 0 Å². The van der Waals surface area contributed by atoms with Crippen molar-refractivity contribution in [2.75, 3.05) is 25.4 Å². The van der Waals surface area contributed by atoms with Gasteiger partial charge in [0.15, 0.2) is 5.96 Å². The van der Waals surface area contributed by atoms with Gasteiger partial charge in [-0.25, -0.2) is 13.1 Å². The monoisotopic (exact) mass is 528 g/mol. The Labute approximate surface area is 185 Å². The summed E-state index contributed by atoms with van der Waals surface area (Å²) in [5.41, 5.74) is 1.08. The fraction of sp³-hybridized carbons (Fsp3) is 0.611. The lowest BCUT2D eigenvalue weighted by atomic mass is 9.86. The lowest BCUT2D eigenvalue weighted by molar-refractivity contribution is 0.316. The van der Waals surface area contributed by atoms with Crippen LogP contribution in [0.5, 0.6) is 0 Å². The van der Waals surface area contributed by atoms with E-state index in [9.17, 15) is 8.42 Å². The second kappa shape index (κ2) is 12.1. The van der Waals surface area contributed by atoms with Crippen LogP contribution in [0.15, 0.2) is 29.3 Å². The van der Waals surface area contributed by atoms with Gasteiger partial charge < -0.3 is 10.6 Å². The Morgan fingerprint density at radius 2 is 1.96 bits per heavy atom. The van der Waals surface area contributed by atoms with Gasteiger partial charge in [-0.15, -0.1) is 24.0 Å². The molecule has 1 saturated carbocycles. The summed E-state index contributed by atoms with van der Waals surface area (Å²) in [6.07, 6.45) is 3.45. The molecule has 0 aromatic heterocycles. The van der Waals surface area contributed by atoms with Crippen LogP contribution in [-0.2, 0) is 10.0 Å². The number of hydrogen-bond acceptors (Lipinski definition) is 3. The fourth-order valence-electron chi connectivity index (χ4n) is 2.65. The molecule has 0 bridgehead atoms. The minimum atomic E-state index is -3.28. The minimum Gasteiger partial charge on any atom is -0.357 e. The Morgan fingerprint density at radius 1 is 1.30 bits per heavy atom. The molecule has 9 heteroatoms. The van der Waals surface area contributed by atoms with Crippen molar-refractivity contribution in [1.29, 1.82) is 0 Å². The summed E-state index contributed by atoms with van der Waals surface area (Å²) in [6, 6.07) is 7.63. The summed E-state index contributed by atoms with van der Waals surface area (Å²) in [5.74, 6) is 1.10. The first kappa shape index (κ1) is 24.5. The maximum absolute atomic E-state index is 12.1. The zero-order valence-electron chi connectivity index (χ0n) is 15.9. The number of sulfonamides is 1. The van der Waals surface area contributed by atoms with Crippen LogP contribution in [-0.4, -0.2) is 39.8 Å². The number of guanidine groups is 1. The molecule has 0 heterocycles. The first-order chi connectivity index (χ1) is 12.4. The number of aliphatic imine (C=N–C) groups is 1. The Bertz CT molecular complexity index is 694. The Hall–Kier alpha value is -0.580. The highest BCUT2D eigenvalue weighted by atomic mass is 127. The predicted octanol–water partition coefficient (Wildman–Crippen LogP) is 3.29. The Kier molecular flexibility index (Phi) is 10.9. The molecule has 0 radical (unpaired) electrons. The topological polar surface area (TPSA) is 82.6 Å². The molecule has 154 valence electrons. The van der Waals surface area contributed by atoms with Gasteiger partial charge in [0.1, 0.15) is 0 Å². The molecule has 0 aliphatic heterocycles. The van der Waals surface area contributed by atoms with Crippen LogP contribution >= 0.6 is 35.6 Å². The standard InChI is InChI=1S/C18H29ClN4O2S.HI/c1-3-20-18(23-14(2)16-7-9-17(19)10-8-16)21-11-12-26(24,25)22-13-15-5-4-6-15;/h7-10,14-15,22H,3-6,11-13H2,1-2H3,(H2,20,21,23);1H. The van der Waals surface area contributed by atoms with Gasteiger partial charge in [-0.2, -0.15) is 0 Å². The number of nitrogens with one attached hydrogen (secondary N) is 3. The molecule has 2 rings (SSSR count). The average molecular weight is 529 g/mol. The molecule has 0 amide bonds. The molecule has 3 N–H and O–H groups in total. The maximum atomic E-state index is 12.1. The van der Waals surface area contributed by atoms with Crippen molar-refractivity contribution >= 4 is 51.6 Å². The van der Waals surface area contributed by atoms with Crippen molar-refractivity contribution in [3.8, 4) is 0 Å². The van der Waals surface area contributed by atoms with Gasteiger partial charge in [-0.3, -0.25) is 4.99 Å².